The normalized spacial score (nSPS) is 15.9. The van der Waals surface area contributed by atoms with Gasteiger partial charge in [-0.1, -0.05) is 13.3 Å². The molecule has 0 heterocycles. The third kappa shape index (κ3) is 4.43. The molecule has 0 aromatic rings. The summed E-state index contributed by atoms with van der Waals surface area (Å²) in [6, 6.07) is 0. The van der Waals surface area contributed by atoms with E-state index in [2.05, 4.69) is 0 Å². The van der Waals surface area contributed by atoms with Crippen LogP contribution in [0.3, 0.4) is 0 Å². The van der Waals surface area contributed by atoms with Gasteiger partial charge in [0.1, 0.15) is 0 Å². The summed E-state index contributed by atoms with van der Waals surface area (Å²) in [6.45, 7) is 0.965. The summed E-state index contributed by atoms with van der Waals surface area (Å²) in [6.07, 6.45) is -4.06. The Labute approximate surface area is 173 Å². The van der Waals surface area contributed by atoms with Gasteiger partial charge in [0, 0.05) is 6.42 Å². The summed E-state index contributed by atoms with van der Waals surface area (Å²) < 4.78 is 241. The minimum atomic E-state index is -8.73. The van der Waals surface area contributed by atoms with Crippen LogP contribution in [0.15, 0.2) is 0 Å². The fraction of sp³-hybridized carbons (Fsp3) is 1.00. The van der Waals surface area contributed by atoms with Crippen LogP contribution in [0, 0.1) is 0 Å². The Hall–Kier alpha value is -1.25. The van der Waals surface area contributed by atoms with Crippen molar-refractivity contribution in [1.29, 1.82) is 0 Å². The van der Waals surface area contributed by atoms with Crippen molar-refractivity contribution in [2.75, 3.05) is 0 Å². The Morgan fingerprint density at radius 3 is 1.12 bits per heavy atom. The number of unbranched alkanes of at least 4 members (excludes halogenated alkanes) is 1. The highest BCUT2D eigenvalue weighted by molar-refractivity contribution is 7.87. The van der Waals surface area contributed by atoms with E-state index < -0.39 is 76.1 Å². The summed E-state index contributed by atoms with van der Waals surface area (Å²) >= 11 is 0. The van der Waals surface area contributed by atoms with Crippen molar-refractivity contribution in [3.63, 3.8) is 0 Å². The van der Waals surface area contributed by atoms with Gasteiger partial charge in [-0.05, 0) is 6.42 Å². The van der Waals surface area contributed by atoms with Crippen LogP contribution in [0.4, 0.5) is 70.2 Å². The third-order valence-electron chi connectivity index (χ3n) is 3.96. The van der Waals surface area contributed by atoms with Gasteiger partial charge in [0.05, 0.1) is 0 Å². The van der Waals surface area contributed by atoms with E-state index in [0.717, 1.165) is 6.92 Å². The third-order valence-corrected chi connectivity index (χ3v) is 4.87. The molecule has 0 aliphatic rings. The molecule has 0 aromatic heterocycles. The highest BCUT2D eigenvalue weighted by Gasteiger charge is 2.95. The highest BCUT2D eigenvalue weighted by atomic mass is 32.2. The topological polar surface area (TPSA) is 89.4 Å². The first-order valence-electron chi connectivity index (χ1n) is 7.55. The van der Waals surface area contributed by atoms with Gasteiger partial charge in [0.15, 0.2) is 0 Å². The van der Waals surface area contributed by atoms with Crippen LogP contribution in [0.5, 0.6) is 0 Å². The summed E-state index contributed by atoms with van der Waals surface area (Å²) in [5.74, 6) is -56.6. The molecule has 0 spiro atoms. The van der Waals surface area contributed by atoms with E-state index in [1.807, 2.05) is 0 Å². The molecule has 0 saturated carbocycles. The molecule has 0 aromatic carbocycles. The summed E-state index contributed by atoms with van der Waals surface area (Å²) in [5, 5.41) is -7.77. The van der Waals surface area contributed by atoms with E-state index in [1.165, 1.54) is 0 Å². The largest absolute Gasteiger partial charge is 0.438 e. The summed E-state index contributed by atoms with van der Waals surface area (Å²) in [4.78, 5) is 0. The Morgan fingerprint density at radius 1 is 0.576 bits per heavy atom. The summed E-state index contributed by atoms with van der Waals surface area (Å²) in [7, 11) is -7.84. The van der Waals surface area contributed by atoms with Crippen molar-refractivity contribution in [2.45, 2.75) is 72.9 Å². The molecule has 0 radical (unpaired) electrons. The van der Waals surface area contributed by atoms with E-state index in [1.54, 1.807) is 0 Å². The molecule has 0 saturated heterocycles. The molecule has 33 heavy (non-hydrogen) atoms. The molecular weight excluding hydrogens is 542 g/mol. The molecule has 0 aliphatic heterocycles. The van der Waals surface area contributed by atoms with E-state index >= 15 is 0 Å². The fourth-order valence-corrected chi connectivity index (χ4v) is 2.37. The van der Waals surface area contributed by atoms with Gasteiger partial charge < -0.3 is 6.15 Å². The lowest BCUT2D eigenvalue weighted by Gasteiger charge is -2.43. The first-order chi connectivity index (χ1) is 13.6. The standard InChI is InChI=1S/C12H10F16O3S.H3N/c1-2-3-4-5(13,14)6(15,16)7(17,18)8(19,20)9(21,22)10(23,24)11(25,26)12(27,28)32(29,30)31;/h2-4H2,1H3,(H,29,30,31);1H3. The molecule has 0 amide bonds. The highest BCUT2D eigenvalue weighted by Crippen LogP contribution is 2.64. The van der Waals surface area contributed by atoms with E-state index in [4.69, 9.17) is 4.55 Å². The zero-order valence-corrected chi connectivity index (χ0v) is 16.4. The van der Waals surface area contributed by atoms with Gasteiger partial charge in [-0.15, -0.1) is 0 Å². The van der Waals surface area contributed by atoms with Crippen LogP contribution in [0.1, 0.15) is 26.2 Å². The number of alkyl halides is 16. The lowest BCUT2D eigenvalue weighted by Crippen LogP contribution is -2.75. The lowest BCUT2D eigenvalue weighted by atomic mass is 9.88. The van der Waals surface area contributed by atoms with Crippen molar-refractivity contribution in [3.05, 3.63) is 0 Å². The molecule has 202 valence electrons. The van der Waals surface area contributed by atoms with Crippen molar-refractivity contribution in [2.24, 2.45) is 0 Å². The van der Waals surface area contributed by atoms with E-state index in [0.29, 0.717) is 0 Å². The van der Waals surface area contributed by atoms with Gasteiger partial charge in [0.25, 0.3) is 0 Å². The molecule has 21 heteroatoms. The molecule has 0 fully saturated rings. The maximum absolute atomic E-state index is 13.5. The predicted molar refractivity (Wildman–Crippen MR) is 75.7 cm³/mol. The van der Waals surface area contributed by atoms with Crippen LogP contribution in [0.25, 0.3) is 0 Å². The Balaban J connectivity index is 0. The second kappa shape index (κ2) is 8.76. The predicted octanol–water partition coefficient (Wildman–Crippen LogP) is 6.27. The fourth-order valence-electron chi connectivity index (χ4n) is 1.92. The monoisotopic (exact) mass is 555 g/mol. The summed E-state index contributed by atoms with van der Waals surface area (Å²) in [5.41, 5.74) is 0. The smallest absolute Gasteiger partial charge is 0.344 e. The Morgan fingerprint density at radius 2 is 0.848 bits per heavy atom. The quantitative estimate of drug-likeness (QED) is 0.233. The molecule has 0 unspecified atom stereocenters. The lowest BCUT2D eigenvalue weighted by molar-refractivity contribution is -0.449. The van der Waals surface area contributed by atoms with Crippen LogP contribution in [-0.2, 0) is 10.1 Å². The van der Waals surface area contributed by atoms with Gasteiger partial charge in [0.2, 0.25) is 0 Å². The van der Waals surface area contributed by atoms with Crippen LogP contribution < -0.4 is 6.15 Å². The average molecular weight is 555 g/mol. The van der Waals surface area contributed by atoms with Crippen molar-refractivity contribution in [1.82, 2.24) is 6.15 Å². The van der Waals surface area contributed by atoms with Crippen molar-refractivity contribution in [3.8, 4) is 0 Å². The Kier molecular flexibility index (Phi) is 9.00. The zero-order chi connectivity index (χ0) is 26.6. The van der Waals surface area contributed by atoms with Crippen molar-refractivity contribution < 1.29 is 83.2 Å². The molecule has 4 nitrogen and oxygen atoms in total. The Bertz CT molecular complexity index is 795. The number of hydrogen-bond donors (Lipinski definition) is 2. The van der Waals surface area contributed by atoms with Gasteiger partial charge in [-0.25, -0.2) is 0 Å². The van der Waals surface area contributed by atoms with Crippen LogP contribution in [0.2, 0.25) is 0 Å². The minimum Gasteiger partial charge on any atom is -0.344 e. The molecule has 0 aliphatic carbocycles. The number of rotatable bonds is 11. The minimum absolute atomic E-state index is 0. The maximum Gasteiger partial charge on any atom is 0.438 e. The molecular formula is C12H13F16NO3S. The zero-order valence-electron chi connectivity index (χ0n) is 15.5. The van der Waals surface area contributed by atoms with Gasteiger partial charge in [-0.3, -0.25) is 4.55 Å². The molecule has 0 atom stereocenters. The maximum atomic E-state index is 13.5. The van der Waals surface area contributed by atoms with Crippen LogP contribution >= 0.6 is 0 Å². The van der Waals surface area contributed by atoms with Crippen LogP contribution in [-0.4, -0.2) is 59.7 Å². The van der Waals surface area contributed by atoms with Crippen molar-refractivity contribution >= 4 is 10.1 Å². The van der Waals surface area contributed by atoms with E-state index in [9.17, 15) is 78.7 Å². The van der Waals surface area contributed by atoms with Gasteiger partial charge >= 0.3 is 56.8 Å². The molecule has 4 N–H and O–H groups in total. The first kappa shape index (κ1) is 33.9. The van der Waals surface area contributed by atoms with Gasteiger partial charge in [-0.2, -0.15) is 78.7 Å². The molecule has 0 bridgehead atoms. The number of halogens is 16. The number of hydrogen-bond acceptors (Lipinski definition) is 3. The second-order valence-corrected chi connectivity index (χ2v) is 7.71. The van der Waals surface area contributed by atoms with E-state index in [-0.39, 0.29) is 6.15 Å². The average Bonchev–Trinajstić information content (AvgIpc) is 2.57. The molecule has 0 rings (SSSR count). The first-order valence-corrected chi connectivity index (χ1v) is 8.99. The SMILES string of the molecule is CCCCC(F)(F)C(F)(F)C(F)(F)C(F)(F)C(F)(F)C(F)(F)C(F)(F)C(F)(F)S(=O)(=O)O.N. The second-order valence-electron chi connectivity index (χ2n) is 6.25.